The fourth-order valence-corrected chi connectivity index (χ4v) is 3.07. The summed E-state index contributed by atoms with van der Waals surface area (Å²) in [7, 11) is 0. The number of ether oxygens (including phenoxy) is 1. The van der Waals surface area contributed by atoms with Gasteiger partial charge < -0.3 is 9.64 Å². The van der Waals surface area contributed by atoms with Crippen LogP contribution in [0, 0.1) is 6.92 Å². The van der Waals surface area contributed by atoms with Crippen LogP contribution >= 0.6 is 0 Å². The molecule has 0 saturated carbocycles. The number of piperidine rings is 1. The van der Waals surface area contributed by atoms with Crippen molar-refractivity contribution in [3.05, 3.63) is 65.5 Å². The van der Waals surface area contributed by atoms with Gasteiger partial charge in [0.2, 0.25) is 0 Å². The number of carbonyl (C=O) groups is 1. The van der Waals surface area contributed by atoms with Crippen LogP contribution in [0.5, 0.6) is 0 Å². The number of amides is 1. The molecule has 1 aromatic heterocycles. The van der Waals surface area contributed by atoms with Crippen LogP contribution < -0.4 is 0 Å². The van der Waals surface area contributed by atoms with Crippen LogP contribution in [0.25, 0.3) is 0 Å². The van der Waals surface area contributed by atoms with Crippen LogP contribution in [0.1, 0.15) is 42.1 Å². The number of pyridine rings is 1. The Morgan fingerprint density at radius 1 is 1.26 bits per heavy atom. The molecule has 0 unspecified atom stereocenters. The molecule has 1 aromatic carbocycles. The molecular weight excluding hydrogens is 288 g/mol. The standard InChI is InChI=1S/C19H22N2O2/c1-15-13-17(10-11-20-15)18-9-5-6-12-21(18)19(22)23-14-16-7-3-2-4-8-16/h2-4,7-8,10-11,13,18H,5-6,9,12,14H2,1H3/t18-/m1/s1. The highest BCUT2D eigenvalue weighted by atomic mass is 16.6. The number of likely N-dealkylation sites (tertiary alicyclic amines) is 1. The molecule has 1 fully saturated rings. The Bertz CT molecular complexity index is 657. The highest BCUT2D eigenvalue weighted by molar-refractivity contribution is 5.68. The van der Waals surface area contributed by atoms with E-state index in [1.165, 1.54) is 0 Å². The van der Waals surface area contributed by atoms with E-state index in [1.54, 1.807) is 0 Å². The molecule has 0 N–H and O–H groups in total. The average Bonchev–Trinajstić information content (AvgIpc) is 2.60. The second-order valence-corrected chi connectivity index (χ2v) is 5.98. The number of nitrogens with zero attached hydrogens (tertiary/aromatic N) is 2. The van der Waals surface area contributed by atoms with Crippen LogP contribution in [0.2, 0.25) is 0 Å². The molecule has 3 rings (SSSR count). The van der Waals surface area contributed by atoms with E-state index in [-0.39, 0.29) is 12.1 Å². The number of benzene rings is 1. The minimum atomic E-state index is -0.229. The second-order valence-electron chi connectivity index (χ2n) is 5.98. The number of rotatable bonds is 3. The molecule has 4 heteroatoms. The Morgan fingerprint density at radius 3 is 2.87 bits per heavy atom. The number of aryl methyl sites for hydroxylation is 1. The largest absolute Gasteiger partial charge is 0.445 e. The predicted molar refractivity (Wildman–Crippen MR) is 88.9 cm³/mol. The molecule has 2 aromatic rings. The molecule has 1 aliphatic rings. The molecule has 4 nitrogen and oxygen atoms in total. The summed E-state index contributed by atoms with van der Waals surface area (Å²) in [5.74, 6) is 0. The summed E-state index contributed by atoms with van der Waals surface area (Å²) in [6, 6.07) is 13.9. The molecule has 1 aliphatic heterocycles. The Morgan fingerprint density at radius 2 is 2.09 bits per heavy atom. The smallest absolute Gasteiger partial charge is 0.410 e. The van der Waals surface area contributed by atoms with Crippen LogP contribution in [0.3, 0.4) is 0 Å². The molecule has 23 heavy (non-hydrogen) atoms. The zero-order valence-electron chi connectivity index (χ0n) is 13.4. The molecule has 1 atom stereocenters. The third-order valence-corrected chi connectivity index (χ3v) is 4.25. The van der Waals surface area contributed by atoms with E-state index in [4.69, 9.17) is 4.74 Å². The van der Waals surface area contributed by atoms with Crippen molar-refractivity contribution in [2.24, 2.45) is 0 Å². The van der Waals surface area contributed by atoms with Crippen molar-refractivity contribution >= 4 is 6.09 Å². The van der Waals surface area contributed by atoms with Gasteiger partial charge in [0.1, 0.15) is 6.61 Å². The van der Waals surface area contributed by atoms with Gasteiger partial charge in [0.25, 0.3) is 0 Å². The third-order valence-electron chi connectivity index (χ3n) is 4.25. The van der Waals surface area contributed by atoms with E-state index in [2.05, 4.69) is 11.1 Å². The van der Waals surface area contributed by atoms with E-state index in [0.29, 0.717) is 6.61 Å². The summed E-state index contributed by atoms with van der Waals surface area (Å²) in [5, 5.41) is 0. The minimum absolute atomic E-state index is 0.0914. The lowest BCUT2D eigenvalue weighted by Crippen LogP contribution is -2.38. The highest BCUT2D eigenvalue weighted by Gasteiger charge is 2.29. The molecule has 1 amide bonds. The van der Waals surface area contributed by atoms with Gasteiger partial charge in [-0.05, 0) is 49.4 Å². The zero-order chi connectivity index (χ0) is 16.1. The SMILES string of the molecule is Cc1cc([C@H]2CCCCN2C(=O)OCc2ccccc2)ccn1. The topological polar surface area (TPSA) is 42.4 Å². The number of hydrogen-bond acceptors (Lipinski definition) is 3. The maximum absolute atomic E-state index is 12.5. The molecule has 0 spiro atoms. The van der Waals surface area contributed by atoms with Crippen LogP contribution in [0.15, 0.2) is 48.7 Å². The first-order chi connectivity index (χ1) is 11.2. The van der Waals surface area contributed by atoms with Gasteiger partial charge >= 0.3 is 6.09 Å². The zero-order valence-corrected chi connectivity index (χ0v) is 13.4. The maximum Gasteiger partial charge on any atom is 0.410 e. The third kappa shape index (κ3) is 3.89. The van der Waals surface area contributed by atoms with Gasteiger partial charge in [0, 0.05) is 18.4 Å². The van der Waals surface area contributed by atoms with Gasteiger partial charge in [-0.3, -0.25) is 4.98 Å². The van der Waals surface area contributed by atoms with Gasteiger partial charge in [0.05, 0.1) is 6.04 Å². The summed E-state index contributed by atoms with van der Waals surface area (Å²) in [6.07, 6.45) is 4.72. The van der Waals surface area contributed by atoms with Crippen LogP contribution in [-0.4, -0.2) is 22.5 Å². The lowest BCUT2D eigenvalue weighted by Gasteiger charge is -2.35. The monoisotopic (exact) mass is 310 g/mol. The molecular formula is C19H22N2O2. The number of carbonyl (C=O) groups excluding carboxylic acids is 1. The summed E-state index contributed by atoms with van der Waals surface area (Å²) in [4.78, 5) is 18.6. The number of aromatic nitrogens is 1. The Balaban J connectivity index is 1.69. The number of hydrogen-bond donors (Lipinski definition) is 0. The van der Waals surface area contributed by atoms with Crippen LogP contribution in [-0.2, 0) is 11.3 Å². The fraction of sp³-hybridized carbons (Fsp3) is 0.368. The van der Waals surface area contributed by atoms with E-state index < -0.39 is 0 Å². The molecule has 2 heterocycles. The lowest BCUT2D eigenvalue weighted by atomic mass is 9.96. The van der Waals surface area contributed by atoms with Crippen molar-refractivity contribution in [2.75, 3.05) is 6.54 Å². The normalized spacial score (nSPS) is 17.8. The lowest BCUT2D eigenvalue weighted by molar-refractivity contribution is 0.0678. The molecule has 0 aliphatic carbocycles. The minimum Gasteiger partial charge on any atom is -0.445 e. The molecule has 0 bridgehead atoms. The molecule has 1 saturated heterocycles. The quantitative estimate of drug-likeness (QED) is 0.851. The van der Waals surface area contributed by atoms with E-state index >= 15 is 0 Å². The van der Waals surface area contributed by atoms with Crippen molar-refractivity contribution < 1.29 is 9.53 Å². The van der Waals surface area contributed by atoms with Gasteiger partial charge in [-0.1, -0.05) is 30.3 Å². The van der Waals surface area contributed by atoms with Gasteiger partial charge in [-0.15, -0.1) is 0 Å². The summed E-state index contributed by atoms with van der Waals surface area (Å²) >= 11 is 0. The van der Waals surface area contributed by atoms with Crippen LogP contribution in [0.4, 0.5) is 4.79 Å². The summed E-state index contributed by atoms with van der Waals surface area (Å²) in [5.41, 5.74) is 3.13. The first-order valence-electron chi connectivity index (χ1n) is 8.14. The predicted octanol–water partition coefficient (Wildman–Crippen LogP) is 4.25. The molecule has 0 radical (unpaired) electrons. The summed E-state index contributed by atoms with van der Waals surface area (Å²) in [6.45, 7) is 3.04. The van der Waals surface area contributed by atoms with E-state index in [1.807, 2.05) is 54.4 Å². The van der Waals surface area contributed by atoms with Crippen molar-refractivity contribution in [3.63, 3.8) is 0 Å². The highest BCUT2D eigenvalue weighted by Crippen LogP contribution is 2.31. The van der Waals surface area contributed by atoms with Crippen molar-refractivity contribution in [3.8, 4) is 0 Å². The first-order valence-corrected chi connectivity index (χ1v) is 8.14. The Hall–Kier alpha value is -2.36. The van der Waals surface area contributed by atoms with Crippen molar-refractivity contribution in [2.45, 2.75) is 38.8 Å². The van der Waals surface area contributed by atoms with E-state index in [0.717, 1.165) is 42.6 Å². The average molecular weight is 310 g/mol. The van der Waals surface area contributed by atoms with Gasteiger partial charge in [-0.2, -0.15) is 0 Å². The van der Waals surface area contributed by atoms with Crippen molar-refractivity contribution in [1.29, 1.82) is 0 Å². The maximum atomic E-state index is 12.5. The molecule has 120 valence electrons. The summed E-state index contributed by atoms with van der Waals surface area (Å²) < 4.78 is 5.52. The Labute approximate surface area is 137 Å². The first kappa shape index (κ1) is 15.5. The van der Waals surface area contributed by atoms with Gasteiger partial charge in [0.15, 0.2) is 0 Å². The van der Waals surface area contributed by atoms with E-state index in [9.17, 15) is 4.79 Å². The Kier molecular flexibility index (Phi) is 4.91. The fourth-order valence-electron chi connectivity index (χ4n) is 3.07. The second kappa shape index (κ2) is 7.27. The van der Waals surface area contributed by atoms with Crippen molar-refractivity contribution in [1.82, 2.24) is 9.88 Å². The van der Waals surface area contributed by atoms with Gasteiger partial charge in [-0.25, -0.2) is 4.79 Å².